The molecule has 0 bridgehead atoms. The minimum absolute atomic E-state index is 0.114. The largest absolute Gasteiger partial charge is 0.345 e. The smallest absolute Gasteiger partial charge is 0.254 e. The van der Waals surface area contributed by atoms with Crippen molar-refractivity contribution in [1.82, 2.24) is 20.2 Å². The van der Waals surface area contributed by atoms with Crippen LogP contribution in [0.25, 0.3) is 0 Å². The molecule has 0 aromatic carbocycles. The first-order chi connectivity index (χ1) is 10.4. The second kappa shape index (κ2) is 6.72. The normalized spacial score (nSPS) is 15.4. The van der Waals surface area contributed by atoms with E-state index in [9.17, 15) is 14.4 Å². The second-order valence-electron chi connectivity index (χ2n) is 6.05. The average Bonchev–Trinajstić information content (AvgIpc) is 2.44. The monoisotopic (exact) mass is 306 g/mol. The van der Waals surface area contributed by atoms with Crippen molar-refractivity contribution < 1.29 is 9.59 Å². The van der Waals surface area contributed by atoms with Gasteiger partial charge in [0.15, 0.2) is 0 Å². The van der Waals surface area contributed by atoms with Crippen molar-refractivity contribution in [3.05, 3.63) is 27.9 Å². The number of hydrogen-bond acceptors (Lipinski definition) is 4. The van der Waals surface area contributed by atoms with Crippen LogP contribution >= 0.6 is 0 Å². The Balaban J connectivity index is 2.15. The third kappa shape index (κ3) is 3.72. The summed E-state index contributed by atoms with van der Waals surface area (Å²) in [6, 6.07) is -0.527. The number of carbonyl (C=O) groups excluding carboxylic acids is 2. The first kappa shape index (κ1) is 16.2. The summed E-state index contributed by atoms with van der Waals surface area (Å²) < 4.78 is 0. The maximum Gasteiger partial charge on any atom is 0.254 e. The Hall–Kier alpha value is -2.18. The van der Waals surface area contributed by atoms with Gasteiger partial charge in [-0.25, -0.2) is 4.98 Å². The summed E-state index contributed by atoms with van der Waals surface area (Å²) in [5, 5.41) is 2.73. The van der Waals surface area contributed by atoms with E-state index in [1.165, 1.54) is 13.3 Å². The molecule has 2 N–H and O–H groups in total. The zero-order chi connectivity index (χ0) is 16.3. The van der Waals surface area contributed by atoms with Crippen LogP contribution in [0, 0.1) is 5.92 Å². The van der Waals surface area contributed by atoms with E-state index in [4.69, 9.17) is 0 Å². The zero-order valence-corrected chi connectivity index (χ0v) is 13.2. The molecule has 1 aliphatic heterocycles. The van der Waals surface area contributed by atoms with Gasteiger partial charge in [0.2, 0.25) is 11.8 Å². The molecule has 120 valence electrons. The van der Waals surface area contributed by atoms with Crippen LogP contribution in [-0.2, 0) is 22.6 Å². The molecule has 0 radical (unpaired) electrons. The number of hydrogen-bond donors (Lipinski definition) is 2. The van der Waals surface area contributed by atoms with Gasteiger partial charge in [0.25, 0.3) is 5.56 Å². The maximum absolute atomic E-state index is 12.7. The summed E-state index contributed by atoms with van der Waals surface area (Å²) >= 11 is 0. The Morgan fingerprint density at radius 1 is 1.45 bits per heavy atom. The summed E-state index contributed by atoms with van der Waals surface area (Å²) in [4.78, 5) is 44.1. The van der Waals surface area contributed by atoms with Gasteiger partial charge in [-0.2, -0.15) is 0 Å². The maximum atomic E-state index is 12.7. The van der Waals surface area contributed by atoms with Crippen LogP contribution < -0.4 is 10.9 Å². The fourth-order valence-electron chi connectivity index (χ4n) is 2.71. The molecule has 7 heteroatoms. The highest BCUT2D eigenvalue weighted by molar-refractivity contribution is 5.87. The summed E-state index contributed by atoms with van der Waals surface area (Å²) in [7, 11) is 0. The Kier molecular flexibility index (Phi) is 4.95. The lowest BCUT2D eigenvalue weighted by Gasteiger charge is -2.31. The number of fused-ring (bicyclic) bond motifs is 1. The summed E-state index contributed by atoms with van der Waals surface area (Å²) in [5.41, 5.74) is 1.14. The molecular formula is C15H22N4O3. The van der Waals surface area contributed by atoms with Crippen LogP contribution in [0.3, 0.4) is 0 Å². The number of carbonyl (C=O) groups is 2. The highest BCUT2D eigenvalue weighted by Gasteiger charge is 2.29. The third-order valence-electron chi connectivity index (χ3n) is 3.71. The Morgan fingerprint density at radius 3 is 2.82 bits per heavy atom. The van der Waals surface area contributed by atoms with Gasteiger partial charge in [0, 0.05) is 19.0 Å². The van der Waals surface area contributed by atoms with E-state index in [0.29, 0.717) is 43.1 Å². The number of amides is 2. The summed E-state index contributed by atoms with van der Waals surface area (Å²) in [6.07, 6.45) is 2.43. The molecule has 2 amide bonds. The van der Waals surface area contributed by atoms with Crippen LogP contribution in [0.15, 0.2) is 11.1 Å². The van der Waals surface area contributed by atoms with E-state index in [1.807, 2.05) is 13.8 Å². The van der Waals surface area contributed by atoms with Crippen molar-refractivity contribution in [3.8, 4) is 0 Å². The fraction of sp³-hybridized carbons (Fsp3) is 0.600. The van der Waals surface area contributed by atoms with Crippen molar-refractivity contribution in [1.29, 1.82) is 0 Å². The molecule has 2 rings (SSSR count). The van der Waals surface area contributed by atoms with Crippen LogP contribution in [0.2, 0.25) is 0 Å². The first-order valence-electron chi connectivity index (χ1n) is 7.49. The molecule has 1 atom stereocenters. The summed E-state index contributed by atoms with van der Waals surface area (Å²) in [5.74, 6) is -0.0403. The lowest BCUT2D eigenvalue weighted by molar-refractivity contribution is -0.137. The number of H-pyrrole nitrogens is 1. The number of rotatable bonds is 4. The molecule has 7 nitrogen and oxygen atoms in total. The van der Waals surface area contributed by atoms with Crippen molar-refractivity contribution in [2.75, 3.05) is 6.54 Å². The minimum Gasteiger partial charge on any atom is -0.345 e. The fourth-order valence-corrected chi connectivity index (χ4v) is 2.71. The third-order valence-corrected chi connectivity index (χ3v) is 3.71. The van der Waals surface area contributed by atoms with Gasteiger partial charge in [-0.1, -0.05) is 13.8 Å². The van der Waals surface area contributed by atoms with E-state index in [1.54, 1.807) is 4.90 Å². The second-order valence-corrected chi connectivity index (χ2v) is 6.05. The first-order valence-corrected chi connectivity index (χ1v) is 7.49. The minimum atomic E-state index is -0.527. The van der Waals surface area contributed by atoms with Crippen molar-refractivity contribution >= 4 is 11.8 Å². The van der Waals surface area contributed by atoms with Gasteiger partial charge in [-0.05, 0) is 18.8 Å². The number of aromatic amines is 1. The number of nitrogens with one attached hydrogen (secondary N) is 2. The molecule has 1 aromatic rings. The van der Waals surface area contributed by atoms with Crippen molar-refractivity contribution in [3.63, 3.8) is 0 Å². The van der Waals surface area contributed by atoms with E-state index >= 15 is 0 Å². The predicted octanol–water partition coefficient (Wildman–Crippen LogP) is 0.205. The molecule has 22 heavy (non-hydrogen) atoms. The van der Waals surface area contributed by atoms with E-state index in [2.05, 4.69) is 15.3 Å². The van der Waals surface area contributed by atoms with Crippen molar-refractivity contribution in [2.24, 2.45) is 5.92 Å². The number of nitrogens with zero attached hydrogens (tertiary/aromatic N) is 2. The lowest BCUT2D eigenvalue weighted by atomic mass is 10.0. The molecule has 0 saturated carbocycles. The Morgan fingerprint density at radius 2 is 2.18 bits per heavy atom. The van der Waals surface area contributed by atoms with Crippen molar-refractivity contribution in [2.45, 2.75) is 46.2 Å². The average molecular weight is 306 g/mol. The lowest BCUT2D eigenvalue weighted by Crippen LogP contribution is -2.50. The molecule has 2 heterocycles. The molecule has 0 spiro atoms. The summed E-state index contributed by atoms with van der Waals surface area (Å²) in [6.45, 7) is 6.21. The molecule has 1 aromatic heterocycles. The topological polar surface area (TPSA) is 95.2 Å². The molecule has 0 fully saturated rings. The van der Waals surface area contributed by atoms with Gasteiger partial charge in [-0.15, -0.1) is 0 Å². The van der Waals surface area contributed by atoms with Gasteiger partial charge < -0.3 is 15.2 Å². The molecule has 0 unspecified atom stereocenters. The molecule has 0 saturated heterocycles. The predicted molar refractivity (Wildman–Crippen MR) is 81.0 cm³/mol. The van der Waals surface area contributed by atoms with Crippen LogP contribution in [0.5, 0.6) is 0 Å². The van der Waals surface area contributed by atoms with Gasteiger partial charge in [0.05, 0.1) is 18.6 Å². The number of aromatic nitrogens is 2. The van der Waals surface area contributed by atoms with Crippen LogP contribution in [-0.4, -0.2) is 39.3 Å². The molecule has 0 aliphatic carbocycles. The van der Waals surface area contributed by atoms with Gasteiger partial charge >= 0.3 is 0 Å². The Labute approximate surface area is 129 Å². The Bertz CT molecular complexity index is 623. The van der Waals surface area contributed by atoms with E-state index < -0.39 is 6.04 Å². The quantitative estimate of drug-likeness (QED) is 0.831. The van der Waals surface area contributed by atoms with E-state index in [-0.39, 0.29) is 17.4 Å². The highest BCUT2D eigenvalue weighted by Crippen LogP contribution is 2.16. The standard InChI is InChI=1S/C15H22N4O3/c1-9(2)6-12(18-10(3)20)15(22)19-5-4-11-13(7-19)16-8-17-14(11)21/h8-9,12H,4-7H2,1-3H3,(H,18,20)(H,16,17,21)/t12-/m0/s1. The zero-order valence-electron chi connectivity index (χ0n) is 13.2. The molecular weight excluding hydrogens is 284 g/mol. The van der Waals surface area contributed by atoms with Crippen LogP contribution in [0.1, 0.15) is 38.4 Å². The van der Waals surface area contributed by atoms with Gasteiger partial charge in [-0.3, -0.25) is 14.4 Å². The van der Waals surface area contributed by atoms with Gasteiger partial charge in [0.1, 0.15) is 6.04 Å². The van der Waals surface area contributed by atoms with Crippen LogP contribution in [0.4, 0.5) is 0 Å². The highest BCUT2D eigenvalue weighted by atomic mass is 16.2. The SMILES string of the molecule is CC(=O)N[C@@H](CC(C)C)C(=O)N1CCc2c(nc[nH]c2=O)C1. The molecule has 1 aliphatic rings. The van der Waals surface area contributed by atoms with E-state index in [0.717, 1.165) is 0 Å².